The van der Waals surface area contributed by atoms with Crippen LogP contribution in [0.3, 0.4) is 0 Å². The molecule has 0 unspecified atom stereocenters. The number of ether oxygens (including phenoxy) is 1. The number of thioether (sulfide) groups is 1. The van der Waals surface area contributed by atoms with Crippen molar-refractivity contribution in [3.8, 4) is 5.75 Å². The molecule has 0 amide bonds. The van der Waals surface area contributed by atoms with Crippen LogP contribution in [0.25, 0.3) is 0 Å². The molecule has 1 rings (SSSR count). The lowest BCUT2D eigenvalue weighted by Gasteiger charge is -2.30. The number of nitro groups is 1. The lowest BCUT2D eigenvalue weighted by atomic mass is 10.0. The minimum atomic E-state index is -0.385. The number of benzene rings is 1. The van der Waals surface area contributed by atoms with E-state index in [-0.39, 0.29) is 15.4 Å². The van der Waals surface area contributed by atoms with Crippen molar-refractivity contribution >= 4 is 23.1 Å². The summed E-state index contributed by atoms with van der Waals surface area (Å²) in [6.45, 7) is 4.99. The molecule has 0 radical (unpaired) electrons. The summed E-state index contributed by atoms with van der Waals surface area (Å²) in [5, 5.41) is 14.3. The van der Waals surface area contributed by atoms with Gasteiger partial charge in [-0.05, 0) is 31.2 Å². The van der Waals surface area contributed by atoms with Gasteiger partial charge in [-0.2, -0.15) is 11.8 Å². The average Bonchev–Trinajstić information content (AvgIpc) is 2.49. The molecule has 0 heterocycles. The second kappa shape index (κ2) is 7.38. The molecule has 1 aromatic carbocycles. The third-order valence-electron chi connectivity index (χ3n) is 3.72. The van der Waals surface area contributed by atoms with Crippen molar-refractivity contribution in [2.24, 2.45) is 0 Å². The Morgan fingerprint density at radius 1 is 1.40 bits per heavy atom. The minimum Gasteiger partial charge on any atom is -0.496 e. The van der Waals surface area contributed by atoms with Gasteiger partial charge >= 0.3 is 0 Å². The van der Waals surface area contributed by atoms with E-state index in [1.165, 1.54) is 13.2 Å². The highest BCUT2D eigenvalue weighted by Gasteiger charge is 2.26. The summed E-state index contributed by atoms with van der Waals surface area (Å²) < 4.78 is 5.14. The smallest absolute Gasteiger partial charge is 0.296 e. The normalized spacial score (nSPS) is 11.2. The van der Waals surface area contributed by atoms with Gasteiger partial charge in [0.1, 0.15) is 11.4 Å². The van der Waals surface area contributed by atoms with Crippen molar-refractivity contribution in [1.82, 2.24) is 0 Å². The summed E-state index contributed by atoms with van der Waals surface area (Å²) in [6.07, 6.45) is 4.11. The van der Waals surface area contributed by atoms with Crippen LogP contribution in [0, 0.1) is 10.1 Å². The van der Waals surface area contributed by atoms with Crippen LogP contribution in [0.4, 0.5) is 11.4 Å². The van der Waals surface area contributed by atoms with Gasteiger partial charge in [-0.15, -0.1) is 0 Å². The summed E-state index contributed by atoms with van der Waals surface area (Å²) >= 11 is 1.80. The van der Waals surface area contributed by atoms with Gasteiger partial charge in [0.15, 0.2) is 0 Å². The van der Waals surface area contributed by atoms with Gasteiger partial charge in [-0.25, -0.2) is 0 Å². The van der Waals surface area contributed by atoms with Gasteiger partial charge in [-0.1, -0.05) is 13.8 Å². The number of anilines is 1. The third-order valence-corrected chi connectivity index (χ3v) is 5.31. The lowest BCUT2D eigenvalue weighted by molar-refractivity contribution is -0.384. The highest BCUT2D eigenvalue weighted by Crippen LogP contribution is 2.33. The Morgan fingerprint density at radius 3 is 2.50 bits per heavy atom. The number of hydrogen-bond acceptors (Lipinski definition) is 5. The molecule has 5 nitrogen and oxygen atoms in total. The number of nitrogens with one attached hydrogen (secondary N) is 1. The summed E-state index contributed by atoms with van der Waals surface area (Å²) in [7, 11) is 1.50. The minimum absolute atomic E-state index is 0.0477. The number of rotatable bonds is 8. The fourth-order valence-corrected chi connectivity index (χ4v) is 2.85. The van der Waals surface area contributed by atoms with Crippen molar-refractivity contribution in [1.29, 1.82) is 0 Å². The Labute approximate surface area is 124 Å². The number of nitro benzene ring substituents is 1. The second-order valence-corrected chi connectivity index (χ2v) is 5.86. The Kier molecular flexibility index (Phi) is 6.13. The number of nitrogens with zero attached hydrogens (tertiary/aromatic N) is 1. The van der Waals surface area contributed by atoms with Gasteiger partial charge in [0.05, 0.1) is 18.1 Å². The monoisotopic (exact) mass is 298 g/mol. The van der Waals surface area contributed by atoms with E-state index < -0.39 is 0 Å². The van der Waals surface area contributed by atoms with Crippen LogP contribution in [0.1, 0.15) is 26.7 Å². The van der Waals surface area contributed by atoms with E-state index in [0.29, 0.717) is 18.0 Å². The molecule has 20 heavy (non-hydrogen) atoms. The quantitative estimate of drug-likeness (QED) is 0.582. The fourth-order valence-electron chi connectivity index (χ4n) is 2.06. The van der Waals surface area contributed by atoms with Crippen molar-refractivity contribution < 1.29 is 9.66 Å². The Balaban J connectivity index is 2.94. The average molecular weight is 298 g/mol. The molecule has 0 aliphatic carbocycles. The first-order chi connectivity index (χ1) is 9.51. The van der Waals surface area contributed by atoms with E-state index in [9.17, 15) is 10.1 Å². The Bertz CT molecular complexity index is 453. The van der Waals surface area contributed by atoms with E-state index in [4.69, 9.17) is 4.74 Å². The maximum absolute atomic E-state index is 11.1. The van der Waals surface area contributed by atoms with Crippen LogP contribution in [0.5, 0.6) is 5.75 Å². The largest absolute Gasteiger partial charge is 0.496 e. The zero-order valence-corrected chi connectivity index (χ0v) is 13.3. The molecule has 112 valence electrons. The van der Waals surface area contributed by atoms with Gasteiger partial charge in [0.2, 0.25) is 0 Å². The van der Waals surface area contributed by atoms with Crippen molar-refractivity contribution in [2.45, 2.75) is 31.4 Å². The van der Waals surface area contributed by atoms with Crippen LogP contribution in [0.2, 0.25) is 0 Å². The summed E-state index contributed by atoms with van der Waals surface area (Å²) in [5.41, 5.74) is 0.586. The molecule has 0 aromatic heterocycles. The van der Waals surface area contributed by atoms with E-state index >= 15 is 0 Å². The predicted octanol–water partition coefficient (Wildman–Crippen LogP) is 3.94. The van der Waals surface area contributed by atoms with Crippen LogP contribution in [-0.4, -0.2) is 29.6 Å². The predicted molar refractivity (Wildman–Crippen MR) is 85.0 cm³/mol. The Hall–Kier alpha value is -1.43. The van der Waals surface area contributed by atoms with Gasteiger partial charge < -0.3 is 10.1 Å². The molecule has 1 N–H and O–H groups in total. The molecule has 0 atom stereocenters. The summed E-state index contributed by atoms with van der Waals surface area (Å²) in [6, 6.07) is 4.88. The maximum atomic E-state index is 11.1. The third kappa shape index (κ3) is 3.79. The SMILES string of the molecule is CCC(CC)(CNc1ccc(OC)cc1[N+](=O)[O-])SC. The van der Waals surface area contributed by atoms with E-state index in [1.807, 2.05) is 0 Å². The Morgan fingerprint density at radius 2 is 2.05 bits per heavy atom. The zero-order valence-electron chi connectivity index (χ0n) is 12.4. The van der Waals surface area contributed by atoms with Gasteiger partial charge in [0.25, 0.3) is 5.69 Å². The second-order valence-electron chi connectivity index (χ2n) is 4.59. The molecule has 0 fully saturated rings. The van der Waals surface area contributed by atoms with Crippen LogP contribution < -0.4 is 10.1 Å². The molecule has 0 aliphatic heterocycles. The summed E-state index contributed by atoms with van der Waals surface area (Å²) in [4.78, 5) is 10.7. The summed E-state index contributed by atoms with van der Waals surface area (Å²) in [5.74, 6) is 0.490. The van der Waals surface area contributed by atoms with Crippen molar-refractivity contribution in [3.05, 3.63) is 28.3 Å². The molecule has 1 aromatic rings. The maximum Gasteiger partial charge on any atom is 0.296 e. The first-order valence-corrected chi connectivity index (χ1v) is 7.85. The van der Waals surface area contributed by atoms with Crippen LogP contribution in [0.15, 0.2) is 18.2 Å². The molecule has 0 saturated heterocycles. The van der Waals surface area contributed by atoms with Crippen molar-refractivity contribution in [3.63, 3.8) is 0 Å². The van der Waals surface area contributed by atoms with Crippen molar-refractivity contribution in [2.75, 3.05) is 25.2 Å². The van der Waals surface area contributed by atoms with Crippen LogP contribution >= 0.6 is 11.8 Å². The zero-order chi connectivity index (χ0) is 15.2. The topological polar surface area (TPSA) is 64.4 Å². The molecule has 0 spiro atoms. The molecule has 0 aliphatic rings. The first kappa shape index (κ1) is 16.6. The first-order valence-electron chi connectivity index (χ1n) is 6.63. The number of methoxy groups -OCH3 is 1. The van der Waals surface area contributed by atoms with Gasteiger partial charge in [0, 0.05) is 11.3 Å². The molecule has 0 bridgehead atoms. The van der Waals surface area contributed by atoms with E-state index in [1.54, 1.807) is 23.9 Å². The van der Waals surface area contributed by atoms with E-state index in [0.717, 1.165) is 12.8 Å². The van der Waals surface area contributed by atoms with Crippen LogP contribution in [-0.2, 0) is 0 Å². The molecular formula is C14H22N2O3S. The molecular weight excluding hydrogens is 276 g/mol. The fraction of sp³-hybridized carbons (Fsp3) is 0.571. The lowest BCUT2D eigenvalue weighted by Crippen LogP contribution is -2.32. The molecule has 0 saturated carbocycles. The van der Waals surface area contributed by atoms with E-state index in [2.05, 4.69) is 25.4 Å². The highest BCUT2D eigenvalue weighted by molar-refractivity contribution is 8.00. The molecule has 6 heteroatoms. The number of hydrogen-bond donors (Lipinski definition) is 1. The standard InChI is InChI=1S/C14H22N2O3S/c1-5-14(6-2,20-4)10-15-12-8-7-11(19-3)9-13(12)16(17)18/h7-9,15H,5-6,10H2,1-4H3. The highest BCUT2D eigenvalue weighted by atomic mass is 32.2. The van der Waals surface area contributed by atoms with Gasteiger partial charge in [-0.3, -0.25) is 10.1 Å².